The molecular formula is C21H24N2O2. The standard InChI is InChI=1S/C21H24N2O2/c24-21(20-10-3-6-16-5-1-2-9-19(16)20)22-17-7-4-8-18(15-17)23-11-13-25-14-12-23/h3-4,6-8,10,15H,1-2,5,9,11-14H2,(H,22,24). The predicted molar refractivity (Wildman–Crippen MR) is 101 cm³/mol. The van der Waals surface area contributed by atoms with Gasteiger partial charge < -0.3 is 15.0 Å². The Morgan fingerprint density at radius 1 is 1.00 bits per heavy atom. The molecule has 0 bridgehead atoms. The van der Waals surface area contributed by atoms with Gasteiger partial charge in [0.05, 0.1) is 13.2 Å². The molecule has 4 rings (SSSR count). The van der Waals surface area contributed by atoms with E-state index >= 15 is 0 Å². The Kier molecular flexibility index (Phi) is 4.70. The number of carbonyl (C=O) groups is 1. The summed E-state index contributed by atoms with van der Waals surface area (Å²) in [6, 6.07) is 14.2. The van der Waals surface area contributed by atoms with E-state index in [2.05, 4.69) is 28.4 Å². The lowest BCUT2D eigenvalue weighted by atomic mass is 9.88. The largest absolute Gasteiger partial charge is 0.378 e. The SMILES string of the molecule is O=C(Nc1cccc(N2CCOCC2)c1)c1cccc2c1CCCC2. The highest BCUT2D eigenvalue weighted by atomic mass is 16.5. The molecule has 0 spiro atoms. The second-order valence-corrected chi connectivity index (χ2v) is 6.75. The number of morpholine rings is 1. The summed E-state index contributed by atoms with van der Waals surface area (Å²) < 4.78 is 5.42. The van der Waals surface area contributed by atoms with Crippen molar-refractivity contribution in [2.24, 2.45) is 0 Å². The van der Waals surface area contributed by atoms with E-state index in [1.807, 2.05) is 24.3 Å². The molecule has 2 aromatic rings. The van der Waals surface area contributed by atoms with Crippen molar-refractivity contribution in [3.05, 3.63) is 59.2 Å². The van der Waals surface area contributed by atoms with Crippen LogP contribution in [0.1, 0.15) is 34.3 Å². The molecule has 2 aromatic carbocycles. The van der Waals surface area contributed by atoms with Crippen LogP contribution < -0.4 is 10.2 Å². The average molecular weight is 336 g/mol. The van der Waals surface area contributed by atoms with Gasteiger partial charge in [-0.2, -0.15) is 0 Å². The smallest absolute Gasteiger partial charge is 0.255 e. The van der Waals surface area contributed by atoms with Gasteiger partial charge in [0, 0.05) is 30.0 Å². The highest BCUT2D eigenvalue weighted by Crippen LogP contribution is 2.26. The highest BCUT2D eigenvalue weighted by Gasteiger charge is 2.18. The number of ether oxygens (including phenoxy) is 1. The van der Waals surface area contributed by atoms with Gasteiger partial charge in [0.25, 0.3) is 5.91 Å². The predicted octanol–water partition coefficient (Wildman–Crippen LogP) is 3.65. The third-order valence-electron chi connectivity index (χ3n) is 5.12. The fourth-order valence-corrected chi connectivity index (χ4v) is 3.79. The van der Waals surface area contributed by atoms with Crippen LogP contribution >= 0.6 is 0 Å². The van der Waals surface area contributed by atoms with Crippen LogP contribution in [-0.4, -0.2) is 32.2 Å². The summed E-state index contributed by atoms with van der Waals surface area (Å²) in [6.07, 6.45) is 4.49. The summed E-state index contributed by atoms with van der Waals surface area (Å²) in [7, 11) is 0. The zero-order chi connectivity index (χ0) is 17.1. The molecule has 1 N–H and O–H groups in total. The Morgan fingerprint density at radius 2 is 1.80 bits per heavy atom. The summed E-state index contributed by atoms with van der Waals surface area (Å²) in [4.78, 5) is 15.1. The van der Waals surface area contributed by atoms with E-state index < -0.39 is 0 Å². The number of benzene rings is 2. The molecule has 130 valence electrons. The fourth-order valence-electron chi connectivity index (χ4n) is 3.79. The molecule has 4 heteroatoms. The summed E-state index contributed by atoms with van der Waals surface area (Å²) in [5, 5.41) is 3.09. The number of carbonyl (C=O) groups excluding carboxylic acids is 1. The number of aryl methyl sites for hydroxylation is 1. The van der Waals surface area contributed by atoms with E-state index in [1.54, 1.807) is 0 Å². The van der Waals surface area contributed by atoms with Crippen molar-refractivity contribution in [1.82, 2.24) is 0 Å². The lowest BCUT2D eigenvalue weighted by molar-refractivity contribution is 0.102. The molecule has 0 aromatic heterocycles. The number of nitrogens with one attached hydrogen (secondary N) is 1. The molecule has 1 fully saturated rings. The maximum atomic E-state index is 12.8. The Labute approximate surface area is 148 Å². The number of fused-ring (bicyclic) bond motifs is 1. The maximum absolute atomic E-state index is 12.8. The molecule has 25 heavy (non-hydrogen) atoms. The van der Waals surface area contributed by atoms with E-state index in [4.69, 9.17) is 4.74 Å². The van der Waals surface area contributed by atoms with Crippen molar-refractivity contribution in [2.75, 3.05) is 36.5 Å². The number of rotatable bonds is 3. The van der Waals surface area contributed by atoms with Crippen LogP contribution in [0.15, 0.2) is 42.5 Å². The van der Waals surface area contributed by atoms with Gasteiger partial charge in [-0.1, -0.05) is 18.2 Å². The molecule has 1 saturated heterocycles. The van der Waals surface area contributed by atoms with Crippen LogP contribution in [0, 0.1) is 0 Å². The number of hydrogen-bond donors (Lipinski definition) is 1. The lowest BCUT2D eigenvalue weighted by Gasteiger charge is -2.29. The third kappa shape index (κ3) is 3.54. The first-order chi connectivity index (χ1) is 12.3. The monoisotopic (exact) mass is 336 g/mol. The minimum Gasteiger partial charge on any atom is -0.378 e. The number of amides is 1. The van der Waals surface area contributed by atoms with Crippen LogP contribution in [0.3, 0.4) is 0 Å². The topological polar surface area (TPSA) is 41.6 Å². The van der Waals surface area contributed by atoms with Crippen molar-refractivity contribution >= 4 is 17.3 Å². The van der Waals surface area contributed by atoms with Gasteiger partial charge in [-0.15, -0.1) is 0 Å². The van der Waals surface area contributed by atoms with E-state index in [0.717, 1.165) is 56.1 Å². The summed E-state index contributed by atoms with van der Waals surface area (Å²) in [6.45, 7) is 3.30. The molecule has 0 saturated carbocycles. The zero-order valence-corrected chi connectivity index (χ0v) is 14.5. The van der Waals surface area contributed by atoms with E-state index in [0.29, 0.717) is 0 Å². The van der Waals surface area contributed by atoms with Crippen LogP contribution in [0.2, 0.25) is 0 Å². The van der Waals surface area contributed by atoms with Crippen molar-refractivity contribution in [2.45, 2.75) is 25.7 Å². The number of anilines is 2. The van der Waals surface area contributed by atoms with Crippen LogP contribution in [0.4, 0.5) is 11.4 Å². The molecule has 0 unspecified atom stereocenters. The zero-order valence-electron chi connectivity index (χ0n) is 14.5. The van der Waals surface area contributed by atoms with Gasteiger partial charge in [0.1, 0.15) is 0 Å². The summed E-state index contributed by atoms with van der Waals surface area (Å²) in [5.74, 6) is -0.00197. The molecule has 0 atom stereocenters. The Morgan fingerprint density at radius 3 is 2.68 bits per heavy atom. The van der Waals surface area contributed by atoms with Gasteiger partial charge in [-0.25, -0.2) is 0 Å². The maximum Gasteiger partial charge on any atom is 0.255 e. The van der Waals surface area contributed by atoms with Crippen molar-refractivity contribution in [3.8, 4) is 0 Å². The van der Waals surface area contributed by atoms with Gasteiger partial charge >= 0.3 is 0 Å². The first-order valence-electron chi connectivity index (χ1n) is 9.16. The van der Waals surface area contributed by atoms with Crippen molar-refractivity contribution < 1.29 is 9.53 Å². The molecule has 1 heterocycles. The fraction of sp³-hybridized carbons (Fsp3) is 0.381. The molecule has 1 amide bonds. The summed E-state index contributed by atoms with van der Waals surface area (Å²) in [5.41, 5.74) is 5.38. The van der Waals surface area contributed by atoms with Gasteiger partial charge in [-0.3, -0.25) is 4.79 Å². The van der Waals surface area contributed by atoms with E-state index in [-0.39, 0.29) is 5.91 Å². The molecule has 2 aliphatic rings. The van der Waals surface area contributed by atoms with Crippen LogP contribution in [0.5, 0.6) is 0 Å². The Hall–Kier alpha value is -2.33. The Bertz CT molecular complexity index is 766. The quantitative estimate of drug-likeness (QED) is 0.930. The second kappa shape index (κ2) is 7.28. The minimum atomic E-state index is -0.00197. The van der Waals surface area contributed by atoms with Gasteiger partial charge in [-0.05, 0) is 61.1 Å². The second-order valence-electron chi connectivity index (χ2n) is 6.75. The number of nitrogens with zero attached hydrogens (tertiary/aromatic N) is 1. The average Bonchev–Trinajstić information content (AvgIpc) is 2.68. The third-order valence-corrected chi connectivity index (χ3v) is 5.12. The molecule has 1 aliphatic carbocycles. The highest BCUT2D eigenvalue weighted by molar-refractivity contribution is 6.05. The Balaban J connectivity index is 1.53. The van der Waals surface area contributed by atoms with Gasteiger partial charge in [0.15, 0.2) is 0 Å². The summed E-state index contributed by atoms with van der Waals surface area (Å²) >= 11 is 0. The first kappa shape index (κ1) is 16.2. The van der Waals surface area contributed by atoms with Crippen molar-refractivity contribution in [1.29, 1.82) is 0 Å². The minimum absolute atomic E-state index is 0.00197. The first-order valence-corrected chi connectivity index (χ1v) is 9.16. The molecule has 0 radical (unpaired) electrons. The van der Waals surface area contributed by atoms with Crippen LogP contribution in [0.25, 0.3) is 0 Å². The van der Waals surface area contributed by atoms with Gasteiger partial charge in [0.2, 0.25) is 0 Å². The lowest BCUT2D eigenvalue weighted by Crippen LogP contribution is -2.36. The molecule has 4 nitrogen and oxygen atoms in total. The number of hydrogen-bond acceptors (Lipinski definition) is 3. The molecule has 1 aliphatic heterocycles. The van der Waals surface area contributed by atoms with Crippen LogP contribution in [-0.2, 0) is 17.6 Å². The van der Waals surface area contributed by atoms with E-state index in [1.165, 1.54) is 24.0 Å². The molecular weight excluding hydrogens is 312 g/mol. The normalized spacial score (nSPS) is 17.0. The van der Waals surface area contributed by atoms with E-state index in [9.17, 15) is 4.79 Å². The van der Waals surface area contributed by atoms with Crippen molar-refractivity contribution in [3.63, 3.8) is 0 Å².